The minimum atomic E-state index is -0.248. The number of rotatable bonds is 7. The highest BCUT2D eigenvalue weighted by molar-refractivity contribution is 5.89. The van der Waals surface area contributed by atoms with Crippen LogP contribution in [0.15, 0.2) is 24.3 Å². The molecule has 2 fully saturated rings. The second-order valence-corrected chi connectivity index (χ2v) is 7.24. The van der Waals surface area contributed by atoms with Crippen molar-refractivity contribution in [3.8, 4) is 0 Å². The fourth-order valence-electron chi connectivity index (χ4n) is 3.36. The minimum absolute atomic E-state index is 0.129. The first kappa shape index (κ1) is 17.2. The molecule has 4 N–H and O–H groups in total. The molecule has 2 aliphatic rings. The summed E-state index contributed by atoms with van der Waals surface area (Å²) in [6, 6.07) is 8.30. The number of hydrogen-bond donors (Lipinski definition) is 4. The second-order valence-electron chi connectivity index (χ2n) is 7.24. The summed E-state index contributed by atoms with van der Waals surface area (Å²) in [5, 5.41) is 19.4. The van der Waals surface area contributed by atoms with Crippen LogP contribution in [-0.2, 0) is 0 Å². The molecule has 0 bridgehead atoms. The molecule has 5 nitrogen and oxygen atoms in total. The summed E-state index contributed by atoms with van der Waals surface area (Å²) in [5.74, 6) is 0.459. The fraction of sp³-hybridized carbons (Fsp3) is 0.632. The topological polar surface area (TPSA) is 73.4 Å². The lowest BCUT2D eigenvalue weighted by atomic mass is 10.00. The van der Waals surface area contributed by atoms with E-state index in [1.165, 1.54) is 12.8 Å². The molecule has 0 aromatic heterocycles. The molecule has 2 saturated carbocycles. The standard InChI is InChI=1S/C19H29N3O2/c1-13(20-12-18(23)15-4-2-3-5-15)14-6-8-16(9-7-14)21-19(24)22-17-10-11-17/h6-9,13,15,17-18,20,23H,2-5,10-12H2,1H3,(H2,21,22,24). The molecular weight excluding hydrogens is 302 g/mol. The third kappa shape index (κ3) is 4.95. The van der Waals surface area contributed by atoms with Gasteiger partial charge in [0.05, 0.1) is 6.10 Å². The van der Waals surface area contributed by atoms with Gasteiger partial charge in [-0.05, 0) is 56.2 Å². The van der Waals surface area contributed by atoms with Gasteiger partial charge in [-0.3, -0.25) is 0 Å². The minimum Gasteiger partial charge on any atom is -0.392 e. The van der Waals surface area contributed by atoms with Gasteiger partial charge in [0.25, 0.3) is 0 Å². The lowest BCUT2D eigenvalue weighted by Crippen LogP contribution is -2.33. The van der Waals surface area contributed by atoms with Gasteiger partial charge in [-0.15, -0.1) is 0 Å². The summed E-state index contributed by atoms with van der Waals surface area (Å²) >= 11 is 0. The number of amides is 2. The van der Waals surface area contributed by atoms with Gasteiger partial charge in [-0.1, -0.05) is 25.0 Å². The van der Waals surface area contributed by atoms with E-state index < -0.39 is 0 Å². The van der Waals surface area contributed by atoms with Gasteiger partial charge in [0.1, 0.15) is 0 Å². The molecule has 1 aromatic carbocycles. The van der Waals surface area contributed by atoms with Crippen LogP contribution in [-0.4, -0.2) is 29.8 Å². The molecule has 1 aromatic rings. The molecule has 2 amide bonds. The predicted octanol–water partition coefficient (Wildman–Crippen LogP) is 3.17. The van der Waals surface area contributed by atoms with Crippen LogP contribution in [0.25, 0.3) is 0 Å². The van der Waals surface area contributed by atoms with Gasteiger partial charge in [0.15, 0.2) is 0 Å². The summed E-state index contributed by atoms with van der Waals surface area (Å²) in [7, 11) is 0. The van der Waals surface area contributed by atoms with E-state index in [0.717, 1.165) is 36.9 Å². The maximum absolute atomic E-state index is 11.7. The van der Waals surface area contributed by atoms with Crippen LogP contribution in [0, 0.1) is 5.92 Å². The number of nitrogens with one attached hydrogen (secondary N) is 3. The van der Waals surface area contributed by atoms with Crippen LogP contribution in [0.5, 0.6) is 0 Å². The zero-order chi connectivity index (χ0) is 16.9. The fourth-order valence-corrected chi connectivity index (χ4v) is 3.36. The molecule has 2 unspecified atom stereocenters. The highest BCUT2D eigenvalue weighted by atomic mass is 16.3. The summed E-state index contributed by atoms with van der Waals surface area (Å²) in [5.41, 5.74) is 1.96. The Labute approximate surface area is 144 Å². The first-order valence-electron chi connectivity index (χ1n) is 9.21. The van der Waals surface area contributed by atoms with E-state index in [2.05, 4.69) is 22.9 Å². The van der Waals surface area contributed by atoms with Gasteiger partial charge < -0.3 is 21.1 Å². The zero-order valence-electron chi connectivity index (χ0n) is 14.4. The maximum atomic E-state index is 11.7. The molecule has 2 aliphatic carbocycles. The van der Waals surface area contributed by atoms with Crippen LogP contribution in [0.3, 0.4) is 0 Å². The molecule has 3 rings (SSSR count). The molecule has 132 valence electrons. The third-order valence-corrected chi connectivity index (χ3v) is 5.16. The van der Waals surface area contributed by atoms with Crippen molar-refractivity contribution < 1.29 is 9.90 Å². The number of urea groups is 1. The molecule has 0 saturated heterocycles. The number of anilines is 1. The number of hydrogen-bond acceptors (Lipinski definition) is 3. The number of carbonyl (C=O) groups is 1. The van der Waals surface area contributed by atoms with Crippen LogP contribution in [0.4, 0.5) is 10.5 Å². The monoisotopic (exact) mass is 331 g/mol. The molecule has 0 spiro atoms. The van der Waals surface area contributed by atoms with Gasteiger partial charge in [0, 0.05) is 24.3 Å². The molecule has 0 aliphatic heterocycles. The van der Waals surface area contributed by atoms with E-state index in [0.29, 0.717) is 18.5 Å². The summed E-state index contributed by atoms with van der Waals surface area (Å²) in [4.78, 5) is 11.7. The average Bonchev–Trinajstić information content (AvgIpc) is 3.21. The van der Waals surface area contributed by atoms with Crippen molar-refractivity contribution in [3.05, 3.63) is 29.8 Å². The lowest BCUT2D eigenvalue weighted by Gasteiger charge is -2.21. The van der Waals surface area contributed by atoms with E-state index in [1.807, 2.05) is 24.3 Å². The molecule has 0 heterocycles. The van der Waals surface area contributed by atoms with Gasteiger partial charge in [-0.2, -0.15) is 0 Å². The van der Waals surface area contributed by atoms with Crippen molar-refractivity contribution in [1.29, 1.82) is 0 Å². The molecule has 5 heteroatoms. The van der Waals surface area contributed by atoms with E-state index in [1.54, 1.807) is 0 Å². The molecule has 0 radical (unpaired) electrons. The number of aliphatic hydroxyl groups excluding tert-OH is 1. The Morgan fingerprint density at radius 1 is 1.17 bits per heavy atom. The van der Waals surface area contributed by atoms with Crippen LogP contribution < -0.4 is 16.0 Å². The Bertz CT molecular complexity index is 536. The van der Waals surface area contributed by atoms with Crippen molar-refractivity contribution >= 4 is 11.7 Å². The van der Waals surface area contributed by atoms with Crippen LogP contribution >= 0.6 is 0 Å². The Morgan fingerprint density at radius 2 is 1.83 bits per heavy atom. The summed E-state index contributed by atoms with van der Waals surface area (Å²) in [6.45, 7) is 2.74. The van der Waals surface area contributed by atoms with E-state index in [9.17, 15) is 9.90 Å². The number of benzene rings is 1. The Kier molecular flexibility index (Phi) is 5.74. The summed E-state index contributed by atoms with van der Waals surface area (Å²) in [6.07, 6.45) is 6.73. The molecule has 2 atom stereocenters. The Morgan fingerprint density at radius 3 is 2.46 bits per heavy atom. The van der Waals surface area contributed by atoms with E-state index in [4.69, 9.17) is 0 Å². The van der Waals surface area contributed by atoms with Crippen molar-refractivity contribution in [2.75, 3.05) is 11.9 Å². The predicted molar refractivity (Wildman–Crippen MR) is 96.0 cm³/mol. The maximum Gasteiger partial charge on any atom is 0.319 e. The number of carbonyl (C=O) groups excluding carboxylic acids is 1. The van der Waals surface area contributed by atoms with Crippen molar-refractivity contribution in [3.63, 3.8) is 0 Å². The Balaban J connectivity index is 1.44. The SMILES string of the molecule is CC(NCC(O)C1CCCC1)c1ccc(NC(=O)NC2CC2)cc1. The molecular formula is C19H29N3O2. The van der Waals surface area contributed by atoms with Gasteiger partial charge in [-0.25, -0.2) is 4.79 Å². The van der Waals surface area contributed by atoms with Gasteiger partial charge in [0.2, 0.25) is 0 Å². The summed E-state index contributed by atoms with van der Waals surface area (Å²) < 4.78 is 0. The van der Waals surface area contributed by atoms with Crippen molar-refractivity contribution in [1.82, 2.24) is 10.6 Å². The quantitative estimate of drug-likeness (QED) is 0.620. The first-order valence-corrected chi connectivity index (χ1v) is 9.21. The normalized spacial score (nSPS) is 20.6. The van der Waals surface area contributed by atoms with Crippen molar-refractivity contribution in [2.24, 2.45) is 5.92 Å². The van der Waals surface area contributed by atoms with Crippen LogP contribution in [0.1, 0.15) is 57.1 Å². The zero-order valence-corrected chi connectivity index (χ0v) is 14.4. The van der Waals surface area contributed by atoms with Gasteiger partial charge >= 0.3 is 6.03 Å². The highest BCUT2D eigenvalue weighted by Gasteiger charge is 2.24. The van der Waals surface area contributed by atoms with E-state index >= 15 is 0 Å². The number of aliphatic hydroxyl groups is 1. The van der Waals surface area contributed by atoms with Crippen LogP contribution in [0.2, 0.25) is 0 Å². The Hall–Kier alpha value is -1.59. The lowest BCUT2D eigenvalue weighted by molar-refractivity contribution is 0.106. The largest absolute Gasteiger partial charge is 0.392 e. The van der Waals surface area contributed by atoms with E-state index in [-0.39, 0.29) is 18.2 Å². The first-order chi connectivity index (χ1) is 11.6. The highest BCUT2D eigenvalue weighted by Crippen LogP contribution is 2.27. The second kappa shape index (κ2) is 7.99. The van der Waals surface area contributed by atoms with Crippen molar-refractivity contribution in [2.45, 2.75) is 63.6 Å². The smallest absolute Gasteiger partial charge is 0.319 e. The third-order valence-electron chi connectivity index (χ3n) is 5.16. The molecule has 24 heavy (non-hydrogen) atoms. The average molecular weight is 331 g/mol.